The first-order chi connectivity index (χ1) is 5.91. The summed E-state index contributed by atoms with van der Waals surface area (Å²) in [5, 5.41) is 0. The van der Waals surface area contributed by atoms with Gasteiger partial charge in [-0.15, -0.1) is 12.6 Å². The Hall–Kier alpha value is -0.900. The van der Waals surface area contributed by atoms with Gasteiger partial charge in [0.25, 0.3) is 0 Å². The van der Waals surface area contributed by atoms with E-state index in [0.29, 0.717) is 5.76 Å². The van der Waals surface area contributed by atoms with E-state index in [1.54, 1.807) is 6.08 Å². The van der Waals surface area contributed by atoms with Crippen molar-refractivity contribution in [3.05, 3.63) is 22.8 Å². The molecule has 0 saturated carbocycles. The van der Waals surface area contributed by atoms with Crippen molar-refractivity contribution in [3.8, 4) is 0 Å². The van der Waals surface area contributed by atoms with Crippen LogP contribution in [0.25, 0.3) is 0 Å². The van der Waals surface area contributed by atoms with Crippen LogP contribution < -0.4 is 5.73 Å². The van der Waals surface area contributed by atoms with Crippen LogP contribution in [0.4, 0.5) is 4.79 Å². The Bertz CT molecular complexity index is 292. The number of allylic oxidation sites excluding steroid dienone is 3. The van der Waals surface area contributed by atoms with Crippen LogP contribution in [0, 0.1) is 5.41 Å². The van der Waals surface area contributed by atoms with E-state index in [1.807, 2.05) is 6.08 Å². The SMILES string of the molecule is CC1(C)C=CC(OC(N)=O)=C(S)C1. The maximum absolute atomic E-state index is 10.5. The van der Waals surface area contributed by atoms with Gasteiger partial charge in [0.05, 0.1) is 0 Å². The number of rotatable bonds is 1. The Labute approximate surface area is 83.0 Å². The summed E-state index contributed by atoms with van der Waals surface area (Å²) in [5.41, 5.74) is 4.96. The summed E-state index contributed by atoms with van der Waals surface area (Å²) in [4.78, 5) is 11.2. The molecule has 1 rings (SSSR count). The van der Waals surface area contributed by atoms with Gasteiger partial charge >= 0.3 is 6.09 Å². The molecule has 4 heteroatoms. The van der Waals surface area contributed by atoms with Crippen LogP contribution in [-0.2, 0) is 4.74 Å². The maximum Gasteiger partial charge on any atom is 0.409 e. The molecule has 1 aliphatic rings. The van der Waals surface area contributed by atoms with Gasteiger partial charge in [0.1, 0.15) is 5.76 Å². The number of thiol groups is 1. The third-order valence-electron chi connectivity index (χ3n) is 1.80. The molecule has 13 heavy (non-hydrogen) atoms. The number of nitrogens with two attached hydrogens (primary N) is 1. The Kier molecular flexibility index (Phi) is 2.71. The van der Waals surface area contributed by atoms with Crippen LogP contribution in [0.15, 0.2) is 22.8 Å². The monoisotopic (exact) mass is 199 g/mol. The highest BCUT2D eigenvalue weighted by atomic mass is 32.1. The lowest BCUT2D eigenvalue weighted by Gasteiger charge is -2.24. The zero-order valence-electron chi connectivity index (χ0n) is 7.70. The molecular weight excluding hydrogens is 186 g/mol. The molecule has 0 atom stereocenters. The maximum atomic E-state index is 10.5. The molecule has 0 aliphatic heterocycles. The van der Waals surface area contributed by atoms with Crippen LogP contribution in [0.3, 0.4) is 0 Å². The van der Waals surface area contributed by atoms with Crippen molar-refractivity contribution in [3.63, 3.8) is 0 Å². The quantitative estimate of drug-likeness (QED) is 0.636. The smallest absolute Gasteiger partial charge is 0.409 e. The molecule has 0 heterocycles. The van der Waals surface area contributed by atoms with E-state index in [-0.39, 0.29) is 5.41 Å². The average molecular weight is 199 g/mol. The van der Waals surface area contributed by atoms with Crippen LogP contribution in [-0.4, -0.2) is 6.09 Å². The number of ether oxygens (including phenoxy) is 1. The standard InChI is InChI=1S/C9H13NO2S/c1-9(2)4-3-6(7(13)5-9)12-8(10)11/h3-4,13H,5H2,1-2H3,(H2,10,11). The number of carbonyl (C=O) groups excluding carboxylic acids is 1. The molecule has 0 aromatic carbocycles. The highest BCUT2D eigenvalue weighted by Gasteiger charge is 2.22. The summed E-state index contributed by atoms with van der Waals surface area (Å²) in [5.74, 6) is 0.454. The van der Waals surface area contributed by atoms with Gasteiger partial charge in [0.2, 0.25) is 0 Å². The Morgan fingerprint density at radius 1 is 1.69 bits per heavy atom. The van der Waals surface area contributed by atoms with Crippen LogP contribution in [0.5, 0.6) is 0 Å². The van der Waals surface area contributed by atoms with Crippen molar-refractivity contribution in [1.82, 2.24) is 0 Å². The molecule has 0 unspecified atom stereocenters. The zero-order chi connectivity index (χ0) is 10.1. The molecule has 0 fully saturated rings. The average Bonchev–Trinajstić information content (AvgIpc) is 1.93. The minimum atomic E-state index is -0.800. The summed E-state index contributed by atoms with van der Waals surface area (Å²) in [7, 11) is 0. The Morgan fingerprint density at radius 2 is 2.31 bits per heavy atom. The van der Waals surface area contributed by atoms with Crippen LogP contribution >= 0.6 is 12.6 Å². The van der Waals surface area contributed by atoms with Gasteiger partial charge in [0, 0.05) is 4.91 Å². The molecule has 3 nitrogen and oxygen atoms in total. The van der Waals surface area contributed by atoms with Crippen LogP contribution in [0.1, 0.15) is 20.3 Å². The fourth-order valence-electron chi connectivity index (χ4n) is 1.18. The Balaban J connectivity index is 2.79. The highest BCUT2D eigenvalue weighted by molar-refractivity contribution is 7.84. The number of hydrogen-bond acceptors (Lipinski definition) is 3. The number of carbonyl (C=O) groups is 1. The first-order valence-corrected chi connectivity index (χ1v) is 4.44. The second kappa shape index (κ2) is 3.46. The van der Waals surface area contributed by atoms with Crippen molar-refractivity contribution in [2.24, 2.45) is 11.1 Å². The van der Waals surface area contributed by atoms with Crippen LogP contribution in [0.2, 0.25) is 0 Å². The lowest BCUT2D eigenvalue weighted by atomic mass is 9.85. The summed E-state index contributed by atoms with van der Waals surface area (Å²) in [6.45, 7) is 4.17. The van der Waals surface area contributed by atoms with Gasteiger partial charge in [-0.05, 0) is 17.9 Å². The van der Waals surface area contributed by atoms with E-state index in [0.717, 1.165) is 11.3 Å². The van der Waals surface area contributed by atoms with E-state index in [4.69, 9.17) is 10.5 Å². The molecule has 0 saturated heterocycles. The minimum absolute atomic E-state index is 0.0710. The van der Waals surface area contributed by atoms with Gasteiger partial charge in [-0.25, -0.2) is 4.79 Å². The van der Waals surface area contributed by atoms with Crippen molar-refractivity contribution >= 4 is 18.7 Å². The molecule has 0 bridgehead atoms. The van der Waals surface area contributed by atoms with E-state index in [2.05, 4.69) is 26.5 Å². The number of primary amides is 1. The molecule has 0 aromatic heterocycles. The molecule has 2 N–H and O–H groups in total. The van der Waals surface area contributed by atoms with E-state index in [1.165, 1.54) is 0 Å². The van der Waals surface area contributed by atoms with Gasteiger partial charge < -0.3 is 10.5 Å². The van der Waals surface area contributed by atoms with E-state index < -0.39 is 6.09 Å². The molecule has 1 aliphatic carbocycles. The second-order valence-corrected chi connectivity index (χ2v) is 4.27. The highest BCUT2D eigenvalue weighted by Crippen LogP contribution is 2.35. The molecule has 0 radical (unpaired) electrons. The molecule has 0 spiro atoms. The lowest BCUT2D eigenvalue weighted by molar-refractivity contribution is 0.188. The molecule has 72 valence electrons. The summed E-state index contributed by atoms with van der Waals surface area (Å²) in [6.07, 6.45) is 3.67. The predicted molar refractivity (Wildman–Crippen MR) is 54.2 cm³/mol. The lowest BCUT2D eigenvalue weighted by Crippen LogP contribution is -2.17. The summed E-state index contributed by atoms with van der Waals surface area (Å²) in [6, 6.07) is 0. The van der Waals surface area contributed by atoms with Crippen molar-refractivity contribution in [2.75, 3.05) is 0 Å². The predicted octanol–water partition coefficient (Wildman–Crippen LogP) is 2.21. The topological polar surface area (TPSA) is 52.3 Å². The summed E-state index contributed by atoms with van der Waals surface area (Å²) >= 11 is 4.24. The van der Waals surface area contributed by atoms with Crippen molar-refractivity contribution in [1.29, 1.82) is 0 Å². The van der Waals surface area contributed by atoms with Crippen molar-refractivity contribution < 1.29 is 9.53 Å². The zero-order valence-corrected chi connectivity index (χ0v) is 8.60. The van der Waals surface area contributed by atoms with Gasteiger partial charge in [-0.3, -0.25) is 0 Å². The number of amides is 1. The largest absolute Gasteiger partial charge is 0.410 e. The molecular formula is C9H13NO2S. The van der Waals surface area contributed by atoms with E-state index >= 15 is 0 Å². The molecule has 0 aromatic rings. The van der Waals surface area contributed by atoms with Crippen molar-refractivity contribution in [2.45, 2.75) is 20.3 Å². The molecule has 1 amide bonds. The second-order valence-electron chi connectivity index (χ2n) is 3.73. The van der Waals surface area contributed by atoms with Gasteiger partial charge in [-0.2, -0.15) is 0 Å². The third-order valence-corrected chi connectivity index (χ3v) is 2.18. The fourth-order valence-corrected chi connectivity index (χ4v) is 1.70. The summed E-state index contributed by atoms with van der Waals surface area (Å²) < 4.78 is 4.75. The third kappa shape index (κ3) is 2.81. The first-order valence-electron chi connectivity index (χ1n) is 3.99. The minimum Gasteiger partial charge on any atom is -0.410 e. The van der Waals surface area contributed by atoms with Gasteiger partial charge in [0.15, 0.2) is 0 Å². The van der Waals surface area contributed by atoms with E-state index in [9.17, 15) is 4.79 Å². The number of hydrogen-bond donors (Lipinski definition) is 2. The fraction of sp³-hybridized carbons (Fsp3) is 0.444. The Morgan fingerprint density at radius 3 is 2.77 bits per heavy atom. The van der Waals surface area contributed by atoms with Gasteiger partial charge in [-0.1, -0.05) is 19.9 Å². The first kappa shape index (κ1) is 10.2. The normalized spacial score (nSPS) is 20.2.